The molecule has 1 fully saturated rings. The SMILES string of the molecule is CC1(C(=O)NCCCCCl)CCCO1. The third-order valence-electron chi connectivity index (χ3n) is 2.55. The Morgan fingerprint density at radius 1 is 1.57 bits per heavy atom. The quantitative estimate of drug-likeness (QED) is 0.565. The van der Waals surface area contributed by atoms with Gasteiger partial charge in [0.05, 0.1) is 0 Å². The first-order valence-corrected chi connectivity index (χ1v) is 5.71. The van der Waals surface area contributed by atoms with Gasteiger partial charge in [-0.25, -0.2) is 0 Å². The van der Waals surface area contributed by atoms with E-state index < -0.39 is 5.60 Å². The van der Waals surface area contributed by atoms with Gasteiger partial charge in [0.1, 0.15) is 5.60 Å². The van der Waals surface area contributed by atoms with Crippen LogP contribution in [0, 0.1) is 0 Å². The van der Waals surface area contributed by atoms with Gasteiger partial charge < -0.3 is 10.1 Å². The summed E-state index contributed by atoms with van der Waals surface area (Å²) in [4.78, 5) is 11.7. The van der Waals surface area contributed by atoms with E-state index in [2.05, 4.69) is 5.32 Å². The highest BCUT2D eigenvalue weighted by molar-refractivity contribution is 6.17. The molecule has 1 amide bonds. The van der Waals surface area contributed by atoms with Gasteiger partial charge in [-0.1, -0.05) is 0 Å². The molecule has 1 saturated heterocycles. The Morgan fingerprint density at radius 2 is 2.36 bits per heavy atom. The van der Waals surface area contributed by atoms with Crippen molar-refractivity contribution in [2.24, 2.45) is 0 Å². The van der Waals surface area contributed by atoms with Gasteiger partial charge in [-0.2, -0.15) is 0 Å². The highest BCUT2D eigenvalue weighted by Crippen LogP contribution is 2.24. The fourth-order valence-corrected chi connectivity index (χ4v) is 1.76. The second kappa shape index (κ2) is 5.56. The van der Waals surface area contributed by atoms with Crippen LogP contribution in [0.1, 0.15) is 32.6 Å². The third-order valence-corrected chi connectivity index (χ3v) is 2.81. The van der Waals surface area contributed by atoms with Crippen LogP contribution in [0.15, 0.2) is 0 Å². The topological polar surface area (TPSA) is 38.3 Å². The Balaban J connectivity index is 2.20. The number of hydrogen-bond donors (Lipinski definition) is 1. The van der Waals surface area contributed by atoms with Gasteiger partial charge in [0.15, 0.2) is 0 Å². The van der Waals surface area contributed by atoms with Crippen molar-refractivity contribution in [2.45, 2.75) is 38.2 Å². The summed E-state index contributed by atoms with van der Waals surface area (Å²) in [5, 5.41) is 2.88. The molecule has 1 aliphatic rings. The standard InChI is InChI=1S/C10H18ClNO2/c1-10(5-4-8-14-10)9(13)12-7-3-2-6-11/h2-8H2,1H3,(H,12,13). The van der Waals surface area contributed by atoms with Gasteiger partial charge in [0.25, 0.3) is 5.91 Å². The number of nitrogens with one attached hydrogen (secondary N) is 1. The molecule has 0 aromatic carbocycles. The largest absolute Gasteiger partial charge is 0.365 e. The van der Waals surface area contributed by atoms with Crippen molar-refractivity contribution in [3.63, 3.8) is 0 Å². The maximum Gasteiger partial charge on any atom is 0.251 e. The summed E-state index contributed by atoms with van der Waals surface area (Å²) in [6.45, 7) is 3.26. The molecule has 1 aliphatic heterocycles. The molecule has 3 nitrogen and oxygen atoms in total. The zero-order valence-corrected chi connectivity index (χ0v) is 9.40. The maximum atomic E-state index is 11.7. The van der Waals surface area contributed by atoms with Gasteiger partial charge in [-0.3, -0.25) is 4.79 Å². The van der Waals surface area contributed by atoms with E-state index in [1.165, 1.54) is 0 Å². The Hall–Kier alpha value is -0.280. The van der Waals surface area contributed by atoms with E-state index >= 15 is 0 Å². The van der Waals surface area contributed by atoms with Crippen LogP contribution in [-0.2, 0) is 9.53 Å². The van der Waals surface area contributed by atoms with Crippen LogP contribution in [-0.4, -0.2) is 30.5 Å². The normalized spacial score (nSPS) is 26.4. The third kappa shape index (κ3) is 3.14. The first kappa shape index (κ1) is 11.8. The van der Waals surface area contributed by atoms with E-state index in [0.29, 0.717) is 19.0 Å². The van der Waals surface area contributed by atoms with E-state index in [1.807, 2.05) is 6.92 Å². The van der Waals surface area contributed by atoms with Gasteiger partial charge in [0, 0.05) is 19.0 Å². The van der Waals surface area contributed by atoms with Gasteiger partial charge in [-0.05, 0) is 32.6 Å². The summed E-state index contributed by atoms with van der Waals surface area (Å²) in [5.41, 5.74) is -0.582. The average Bonchev–Trinajstić information content (AvgIpc) is 2.61. The Morgan fingerprint density at radius 3 is 2.93 bits per heavy atom. The molecule has 1 heterocycles. The fraction of sp³-hybridized carbons (Fsp3) is 0.900. The number of carbonyl (C=O) groups is 1. The molecule has 0 radical (unpaired) electrons. The molecule has 0 saturated carbocycles. The minimum absolute atomic E-state index is 0.0181. The smallest absolute Gasteiger partial charge is 0.251 e. The zero-order chi connectivity index (χ0) is 10.4. The molecule has 0 bridgehead atoms. The van der Waals surface area contributed by atoms with Crippen molar-refractivity contribution in [3.05, 3.63) is 0 Å². The molecule has 0 spiro atoms. The predicted octanol–water partition coefficient (Wildman–Crippen LogP) is 1.69. The van der Waals surface area contributed by atoms with Gasteiger partial charge in [-0.15, -0.1) is 11.6 Å². The van der Waals surface area contributed by atoms with Crippen LogP contribution in [0.25, 0.3) is 0 Å². The minimum Gasteiger partial charge on any atom is -0.365 e. The average molecular weight is 220 g/mol. The van der Waals surface area contributed by atoms with Crippen molar-refractivity contribution < 1.29 is 9.53 Å². The number of unbranched alkanes of at least 4 members (excludes halogenated alkanes) is 1. The molecule has 0 aliphatic carbocycles. The van der Waals surface area contributed by atoms with Crippen molar-refractivity contribution in [1.29, 1.82) is 0 Å². The number of amides is 1. The number of ether oxygens (including phenoxy) is 1. The molecular weight excluding hydrogens is 202 g/mol. The number of rotatable bonds is 5. The number of hydrogen-bond acceptors (Lipinski definition) is 2. The molecule has 82 valence electrons. The summed E-state index contributed by atoms with van der Waals surface area (Å²) in [7, 11) is 0. The Labute approximate surface area is 90.1 Å². The second-order valence-corrected chi connectivity index (χ2v) is 4.21. The molecule has 1 N–H and O–H groups in total. The van der Waals surface area contributed by atoms with Crippen LogP contribution in [0.4, 0.5) is 0 Å². The monoisotopic (exact) mass is 219 g/mol. The molecule has 1 unspecified atom stereocenters. The van der Waals surface area contributed by atoms with Crippen molar-refractivity contribution in [2.75, 3.05) is 19.0 Å². The first-order chi connectivity index (χ1) is 6.69. The van der Waals surface area contributed by atoms with E-state index in [0.717, 1.165) is 25.7 Å². The van der Waals surface area contributed by atoms with E-state index in [1.54, 1.807) is 0 Å². The van der Waals surface area contributed by atoms with Crippen LogP contribution < -0.4 is 5.32 Å². The highest BCUT2D eigenvalue weighted by Gasteiger charge is 2.37. The lowest BCUT2D eigenvalue weighted by Crippen LogP contribution is -2.44. The lowest BCUT2D eigenvalue weighted by Gasteiger charge is -2.21. The summed E-state index contributed by atoms with van der Waals surface area (Å²) < 4.78 is 5.42. The van der Waals surface area contributed by atoms with Crippen LogP contribution in [0.5, 0.6) is 0 Å². The summed E-state index contributed by atoms with van der Waals surface area (Å²) in [6.07, 6.45) is 3.69. The first-order valence-electron chi connectivity index (χ1n) is 5.17. The maximum absolute atomic E-state index is 11.7. The van der Waals surface area contributed by atoms with Crippen molar-refractivity contribution >= 4 is 17.5 Å². The van der Waals surface area contributed by atoms with E-state index in [9.17, 15) is 4.79 Å². The Kier molecular flexibility index (Phi) is 4.69. The molecule has 1 rings (SSSR count). The zero-order valence-electron chi connectivity index (χ0n) is 8.64. The minimum atomic E-state index is -0.582. The fourth-order valence-electron chi connectivity index (χ4n) is 1.57. The van der Waals surface area contributed by atoms with Crippen LogP contribution in [0.2, 0.25) is 0 Å². The molecule has 1 atom stereocenters. The predicted molar refractivity (Wildman–Crippen MR) is 56.6 cm³/mol. The highest BCUT2D eigenvalue weighted by atomic mass is 35.5. The molecule has 4 heteroatoms. The van der Waals surface area contributed by atoms with Gasteiger partial charge in [0.2, 0.25) is 0 Å². The molecule has 0 aromatic heterocycles. The number of halogens is 1. The molecular formula is C10H18ClNO2. The lowest BCUT2D eigenvalue weighted by atomic mass is 10.0. The summed E-state index contributed by atoms with van der Waals surface area (Å²) in [5.74, 6) is 0.675. The van der Waals surface area contributed by atoms with Gasteiger partial charge >= 0.3 is 0 Å². The number of carbonyl (C=O) groups excluding carboxylic acids is 1. The van der Waals surface area contributed by atoms with Crippen LogP contribution >= 0.6 is 11.6 Å². The summed E-state index contributed by atoms with van der Waals surface area (Å²) >= 11 is 5.53. The number of alkyl halides is 1. The van der Waals surface area contributed by atoms with Crippen molar-refractivity contribution in [1.82, 2.24) is 5.32 Å². The van der Waals surface area contributed by atoms with E-state index in [4.69, 9.17) is 16.3 Å². The van der Waals surface area contributed by atoms with Crippen LogP contribution in [0.3, 0.4) is 0 Å². The second-order valence-electron chi connectivity index (χ2n) is 3.83. The lowest BCUT2D eigenvalue weighted by molar-refractivity contribution is -0.139. The summed E-state index contributed by atoms with van der Waals surface area (Å²) in [6, 6.07) is 0. The van der Waals surface area contributed by atoms with E-state index in [-0.39, 0.29) is 5.91 Å². The molecule has 0 aromatic rings. The molecule has 14 heavy (non-hydrogen) atoms. The van der Waals surface area contributed by atoms with Crippen molar-refractivity contribution in [3.8, 4) is 0 Å². The Bertz CT molecular complexity index is 191.